The van der Waals surface area contributed by atoms with Crippen molar-refractivity contribution >= 4 is 11.3 Å². The second-order valence-electron chi connectivity index (χ2n) is 4.85. The molecule has 2 heterocycles. The van der Waals surface area contributed by atoms with E-state index in [1.165, 1.54) is 50.2 Å². The van der Waals surface area contributed by atoms with Crippen LogP contribution < -0.4 is 5.32 Å². The Morgan fingerprint density at radius 1 is 1.59 bits per heavy atom. The molecule has 1 aliphatic heterocycles. The number of thiazole rings is 1. The molecule has 2 rings (SSSR count). The van der Waals surface area contributed by atoms with E-state index in [4.69, 9.17) is 0 Å². The average Bonchev–Trinajstić information content (AvgIpc) is 2.99. The first-order valence-electron chi connectivity index (χ1n) is 6.71. The van der Waals surface area contributed by atoms with Gasteiger partial charge in [0.1, 0.15) is 0 Å². The van der Waals surface area contributed by atoms with Gasteiger partial charge in [0.2, 0.25) is 0 Å². The van der Waals surface area contributed by atoms with E-state index < -0.39 is 0 Å². The minimum atomic E-state index is 0.708. The number of hydrogen-bond acceptors (Lipinski definition) is 4. The molecule has 1 unspecified atom stereocenters. The van der Waals surface area contributed by atoms with Crippen molar-refractivity contribution in [3.05, 3.63) is 16.6 Å². The van der Waals surface area contributed by atoms with Crippen molar-refractivity contribution in [1.29, 1.82) is 0 Å². The largest absolute Gasteiger partial charge is 0.313 e. The zero-order valence-corrected chi connectivity index (χ0v) is 11.5. The maximum atomic E-state index is 4.16. The molecule has 3 nitrogen and oxygen atoms in total. The van der Waals surface area contributed by atoms with Crippen LogP contribution in [0.1, 0.15) is 37.5 Å². The van der Waals surface area contributed by atoms with Gasteiger partial charge in [-0.3, -0.25) is 9.88 Å². The molecule has 1 aromatic rings. The van der Waals surface area contributed by atoms with Crippen molar-refractivity contribution in [2.24, 2.45) is 0 Å². The van der Waals surface area contributed by atoms with E-state index in [0.717, 1.165) is 6.54 Å². The Kier molecular flexibility index (Phi) is 5.42. The van der Waals surface area contributed by atoms with Crippen LogP contribution in [0.25, 0.3) is 0 Å². The van der Waals surface area contributed by atoms with Gasteiger partial charge in [-0.15, -0.1) is 11.3 Å². The fourth-order valence-corrected chi connectivity index (χ4v) is 3.02. The minimum absolute atomic E-state index is 0.708. The first-order chi connectivity index (χ1) is 8.38. The highest BCUT2D eigenvalue weighted by Crippen LogP contribution is 2.13. The first kappa shape index (κ1) is 13.0. The van der Waals surface area contributed by atoms with E-state index in [1.54, 1.807) is 11.3 Å². The summed E-state index contributed by atoms with van der Waals surface area (Å²) in [7, 11) is 0. The first-order valence-corrected chi connectivity index (χ1v) is 7.59. The highest BCUT2D eigenvalue weighted by Gasteiger charge is 2.17. The molecule has 1 saturated heterocycles. The second kappa shape index (κ2) is 7.09. The molecule has 1 N–H and O–H groups in total. The zero-order valence-electron chi connectivity index (χ0n) is 10.7. The molecule has 0 saturated carbocycles. The van der Waals surface area contributed by atoms with Crippen LogP contribution in [-0.2, 0) is 6.54 Å². The molecule has 0 aromatic carbocycles. The van der Waals surface area contributed by atoms with Crippen LogP contribution in [0.3, 0.4) is 0 Å². The Morgan fingerprint density at radius 2 is 2.53 bits per heavy atom. The van der Waals surface area contributed by atoms with Crippen LogP contribution in [-0.4, -0.2) is 35.6 Å². The van der Waals surface area contributed by atoms with Crippen molar-refractivity contribution in [2.45, 2.75) is 45.2 Å². The van der Waals surface area contributed by atoms with Crippen molar-refractivity contribution in [1.82, 2.24) is 15.2 Å². The lowest BCUT2D eigenvalue weighted by molar-refractivity contribution is 0.239. The van der Waals surface area contributed by atoms with Gasteiger partial charge in [0.15, 0.2) is 0 Å². The van der Waals surface area contributed by atoms with Crippen LogP contribution in [0.5, 0.6) is 0 Å². The van der Waals surface area contributed by atoms with Crippen molar-refractivity contribution in [3.8, 4) is 0 Å². The topological polar surface area (TPSA) is 28.2 Å². The lowest BCUT2D eigenvalue weighted by atomic mass is 10.2. The molecular formula is C13H23N3S. The fourth-order valence-electron chi connectivity index (χ4n) is 2.38. The maximum Gasteiger partial charge on any atom is 0.0794 e. The standard InChI is InChI=1S/C13H23N3S/c1-2-3-7-16(9-12-5-4-6-15-12)10-13-8-14-11-17-13/h8,11-12,15H,2-7,9-10H2,1H3. The highest BCUT2D eigenvalue weighted by molar-refractivity contribution is 7.09. The van der Waals surface area contributed by atoms with Crippen LogP contribution in [0.4, 0.5) is 0 Å². The lowest BCUT2D eigenvalue weighted by Crippen LogP contribution is -2.37. The number of rotatable bonds is 7. The predicted octanol–water partition coefficient (Wildman–Crippen LogP) is 2.50. The Labute approximate surface area is 108 Å². The molecule has 0 radical (unpaired) electrons. The third kappa shape index (κ3) is 4.37. The van der Waals surface area contributed by atoms with Gasteiger partial charge in [0.25, 0.3) is 0 Å². The van der Waals surface area contributed by atoms with E-state index in [-0.39, 0.29) is 0 Å². The van der Waals surface area contributed by atoms with Crippen LogP contribution in [0.15, 0.2) is 11.7 Å². The quantitative estimate of drug-likeness (QED) is 0.809. The van der Waals surface area contributed by atoms with Crippen molar-refractivity contribution in [3.63, 3.8) is 0 Å². The third-order valence-corrected chi connectivity index (χ3v) is 4.10. The van der Waals surface area contributed by atoms with Crippen LogP contribution >= 0.6 is 11.3 Å². The maximum absolute atomic E-state index is 4.16. The summed E-state index contributed by atoms with van der Waals surface area (Å²) >= 11 is 1.77. The molecule has 0 amide bonds. The third-order valence-electron chi connectivity index (χ3n) is 3.33. The molecule has 0 bridgehead atoms. The Bertz CT molecular complexity index is 294. The molecule has 96 valence electrons. The average molecular weight is 253 g/mol. The van der Waals surface area contributed by atoms with Gasteiger partial charge in [0.05, 0.1) is 5.51 Å². The van der Waals surface area contributed by atoms with Gasteiger partial charge < -0.3 is 5.32 Å². The smallest absolute Gasteiger partial charge is 0.0794 e. The fraction of sp³-hybridized carbons (Fsp3) is 0.769. The predicted molar refractivity (Wildman–Crippen MR) is 73.3 cm³/mol. The minimum Gasteiger partial charge on any atom is -0.313 e. The van der Waals surface area contributed by atoms with Gasteiger partial charge in [-0.1, -0.05) is 13.3 Å². The van der Waals surface area contributed by atoms with E-state index in [0.29, 0.717) is 6.04 Å². The SMILES string of the molecule is CCCCN(Cc1cncs1)CC1CCCN1. The summed E-state index contributed by atoms with van der Waals surface area (Å²) in [4.78, 5) is 8.13. The summed E-state index contributed by atoms with van der Waals surface area (Å²) in [5.74, 6) is 0. The summed E-state index contributed by atoms with van der Waals surface area (Å²) in [5.41, 5.74) is 1.93. The van der Waals surface area contributed by atoms with Gasteiger partial charge in [-0.2, -0.15) is 0 Å². The van der Waals surface area contributed by atoms with E-state index in [9.17, 15) is 0 Å². The van der Waals surface area contributed by atoms with Crippen LogP contribution in [0.2, 0.25) is 0 Å². The normalized spacial score (nSPS) is 20.2. The number of nitrogens with zero attached hydrogens (tertiary/aromatic N) is 2. The molecular weight excluding hydrogens is 230 g/mol. The summed E-state index contributed by atoms with van der Waals surface area (Å²) in [6.07, 6.45) is 7.26. The zero-order chi connectivity index (χ0) is 11.9. The summed E-state index contributed by atoms with van der Waals surface area (Å²) in [6, 6.07) is 0.708. The molecule has 17 heavy (non-hydrogen) atoms. The number of unbranched alkanes of at least 4 members (excludes halogenated alkanes) is 1. The van der Waals surface area contributed by atoms with Gasteiger partial charge in [-0.05, 0) is 32.4 Å². The second-order valence-corrected chi connectivity index (χ2v) is 5.82. The van der Waals surface area contributed by atoms with Gasteiger partial charge in [-0.25, -0.2) is 0 Å². The lowest BCUT2D eigenvalue weighted by Gasteiger charge is -2.24. The monoisotopic (exact) mass is 253 g/mol. The molecule has 1 fully saturated rings. The number of aromatic nitrogens is 1. The van der Waals surface area contributed by atoms with E-state index in [2.05, 4.69) is 22.1 Å². The Morgan fingerprint density at radius 3 is 3.18 bits per heavy atom. The van der Waals surface area contributed by atoms with Gasteiger partial charge >= 0.3 is 0 Å². The molecule has 0 aliphatic carbocycles. The highest BCUT2D eigenvalue weighted by atomic mass is 32.1. The molecule has 0 spiro atoms. The number of nitrogens with one attached hydrogen (secondary N) is 1. The Balaban J connectivity index is 1.83. The molecule has 1 aromatic heterocycles. The van der Waals surface area contributed by atoms with E-state index >= 15 is 0 Å². The van der Waals surface area contributed by atoms with Crippen molar-refractivity contribution < 1.29 is 0 Å². The molecule has 4 heteroatoms. The van der Waals surface area contributed by atoms with E-state index in [1.807, 2.05) is 11.7 Å². The molecule has 1 aliphatic rings. The van der Waals surface area contributed by atoms with Gasteiger partial charge in [0, 0.05) is 30.2 Å². The summed E-state index contributed by atoms with van der Waals surface area (Å²) < 4.78 is 0. The van der Waals surface area contributed by atoms with Crippen LogP contribution in [0, 0.1) is 0 Å². The summed E-state index contributed by atoms with van der Waals surface area (Å²) in [5, 5.41) is 3.59. The number of hydrogen-bond donors (Lipinski definition) is 1. The summed E-state index contributed by atoms with van der Waals surface area (Å²) in [6.45, 7) is 6.94. The molecule has 1 atom stereocenters. The Hall–Kier alpha value is -0.450. The van der Waals surface area contributed by atoms with Crippen molar-refractivity contribution in [2.75, 3.05) is 19.6 Å².